The Morgan fingerprint density at radius 2 is 1.75 bits per heavy atom. The van der Waals surface area contributed by atoms with E-state index in [0.717, 1.165) is 47.8 Å². The quantitative estimate of drug-likeness (QED) is 0.306. The van der Waals surface area contributed by atoms with Gasteiger partial charge in [0.05, 0.1) is 0 Å². The highest BCUT2D eigenvalue weighted by Crippen LogP contribution is 2.67. The van der Waals surface area contributed by atoms with Crippen LogP contribution in [0.3, 0.4) is 0 Å². The van der Waals surface area contributed by atoms with Gasteiger partial charge >= 0.3 is 5.97 Å². The van der Waals surface area contributed by atoms with Gasteiger partial charge in [-0.1, -0.05) is 60.0 Å². The lowest BCUT2D eigenvalue weighted by molar-refractivity contribution is -0.145. The van der Waals surface area contributed by atoms with Crippen molar-refractivity contribution in [1.29, 1.82) is 0 Å². The van der Waals surface area contributed by atoms with Crippen LogP contribution in [0.15, 0.2) is 11.6 Å². The molecule has 3 fully saturated rings. The minimum absolute atomic E-state index is 0.0194. The number of carbonyl (C=O) groups excluding carboxylic acids is 1. The lowest BCUT2D eigenvalue weighted by Crippen LogP contribution is -2.51. The minimum atomic E-state index is -0.133. The molecule has 0 aliphatic heterocycles. The summed E-state index contributed by atoms with van der Waals surface area (Å²) in [6, 6.07) is 0. The van der Waals surface area contributed by atoms with Gasteiger partial charge in [0.15, 0.2) is 0 Å². The monoisotopic (exact) mass is 442 g/mol. The molecule has 0 unspecified atom stereocenters. The fourth-order valence-electron chi connectivity index (χ4n) is 9.04. The molecule has 2 nitrogen and oxygen atoms in total. The van der Waals surface area contributed by atoms with E-state index in [4.69, 9.17) is 4.74 Å². The first-order valence-corrected chi connectivity index (χ1v) is 13.9. The molecule has 32 heavy (non-hydrogen) atoms. The second kappa shape index (κ2) is 9.10. The Kier molecular flexibility index (Phi) is 6.92. The van der Waals surface area contributed by atoms with Gasteiger partial charge in [-0.3, -0.25) is 4.79 Å². The number of rotatable bonds is 6. The van der Waals surface area contributed by atoms with Crippen molar-refractivity contribution in [1.82, 2.24) is 0 Å². The van der Waals surface area contributed by atoms with Crippen molar-refractivity contribution < 1.29 is 9.53 Å². The average Bonchev–Trinajstić information content (AvgIpc) is 3.08. The van der Waals surface area contributed by atoms with Gasteiger partial charge in [-0.05, 0) is 110 Å². The summed E-state index contributed by atoms with van der Waals surface area (Å²) in [4.78, 5) is 11.5. The van der Waals surface area contributed by atoms with E-state index >= 15 is 0 Å². The molecule has 4 rings (SSSR count). The third-order valence-corrected chi connectivity index (χ3v) is 11.4. The van der Waals surface area contributed by atoms with E-state index in [1.54, 1.807) is 12.5 Å². The molecule has 4 aliphatic rings. The van der Waals surface area contributed by atoms with E-state index < -0.39 is 0 Å². The van der Waals surface area contributed by atoms with Gasteiger partial charge < -0.3 is 4.74 Å². The third-order valence-electron chi connectivity index (χ3n) is 11.4. The molecule has 9 atom stereocenters. The average molecular weight is 443 g/mol. The first-order chi connectivity index (χ1) is 15.1. The molecular weight excluding hydrogens is 392 g/mol. The van der Waals surface area contributed by atoms with E-state index in [1.165, 1.54) is 57.8 Å². The Morgan fingerprint density at radius 1 is 1.00 bits per heavy atom. The number of hydrogen-bond donors (Lipinski definition) is 0. The lowest BCUT2D eigenvalue weighted by Gasteiger charge is -2.59. The second-order valence-electron chi connectivity index (χ2n) is 13.2. The molecule has 0 heterocycles. The van der Waals surface area contributed by atoms with Gasteiger partial charge in [-0.25, -0.2) is 0 Å². The SMILES string of the molecule is CC(=O)O[C@@H]1C=C2CC[C@@H]3[C@H]4CC[C@@H]([C@H](C)CC[C@H](C)C(C)C)[C@]4(C)CC[C@H]3[C@@]2(C)CC1. The van der Waals surface area contributed by atoms with E-state index in [1.807, 2.05) is 0 Å². The topological polar surface area (TPSA) is 26.3 Å². The van der Waals surface area contributed by atoms with Crippen LogP contribution in [-0.4, -0.2) is 12.1 Å². The zero-order valence-electron chi connectivity index (χ0n) is 22.1. The molecule has 0 radical (unpaired) electrons. The maximum absolute atomic E-state index is 11.5. The van der Waals surface area contributed by atoms with Crippen molar-refractivity contribution in [2.75, 3.05) is 0 Å². The van der Waals surface area contributed by atoms with Crippen LogP contribution in [0.25, 0.3) is 0 Å². The van der Waals surface area contributed by atoms with Crippen molar-refractivity contribution in [3.63, 3.8) is 0 Å². The van der Waals surface area contributed by atoms with Gasteiger partial charge in [0.2, 0.25) is 0 Å². The Balaban J connectivity index is 1.47. The van der Waals surface area contributed by atoms with Crippen molar-refractivity contribution >= 4 is 5.97 Å². The number of hydrogen-bond acceptors (Lipinski definition) is 2. The van der Waals surface area contributed by atoms with Gasteiger partial charge in [-0.15, -0.1) is 0 Å². The van der Waals surface area contributed by atoms with Gasteiger partial charge in [0.25, 0.3) is 0 Å². The first-order valence-electron chi connectivity index (χ1n) is 13.9. The highest BCUT2D eigenvalue weighted by molar-refractivity contribution is 5.66. The Bertz CT molecular complexity index is 722. The molecule has 182 valence electrons. The normalized spacial score (nSPS) is 43.0. The van der Waals surface area contributed by atoms with Crippen LogP contribution >= 0.6 is 0 Å². The summed E-state index contributed by atoms with van der Waals surface area (Å²) >= 11 is 0. The molecule has 0 N–H and O–H groups in total. The van der Waals surface area contributed by atoms with Crippen LogP contribution in [-0.2, 0) is 9.53 Å². The summed E-state index contributed by atoms with van der Waals surface area (Å²) in [7, 11) is 0. The lowest BCUT2D eigenvalue weighted by atomic mass is 9.46. The molecule has 0 saturated heterocycles. The number of allylic oxidation sites excluding steroid dienone is 1. The Morgan fingerprint density at radius 3 is 2.44 bits per heavy atom. The van der Waals surface area contributed by atoms with Crippen LogP contribution < -0.4 is 0 Å². The zero-order chi connectivity index (χ0) is 23.3. The van der Waals surface area contributed by atoms with Gasteiger partial charge in [0.1, 0.15) is 6.10 Å². The van der Waals surface area contributed by atoms with Crippen LogP contribution in [0, 0.1) is 52.3 Å². The standard InChI is InChI=1S/C30H50O2/c1-19(2)20(3)8-9-21(4)26-12-13-27-25-11-10-23-18-24(32-22(5)31)14-16-29(23,6)28(25)15-17-30(26,27)7/h18-21,24-28H,8-17H2,1-7H3/t20-,21+,24-,25+,26-,27+,28+,29-,30-/m0/s1. The van der Waals surface area contributed by atoms with Crippen molar-refractivity contribution in [2.24, 2.45) is 52.3 Å². The highest BCUT2D eigenvalue weighted by atomic mass is 16.5. The first kappa shape index (κ1) is 24.3. The maximum atomic E-state index is 11.5. The van der Waals surface area contributed by atoms with Crippen molar-refractivity contribution in [3.05, 3.63) is 11.6 Å². The minimum Gasteiger partial charge on any atom is -0.458 e. The number of fused-ring (bicyclic) bond motifs is 5. The largest absolute Gasteiger partial charge is 0.458 e. The molecule has 0 aromatic heterocycles. The molecule has 0 bridgehead atoms. The summed E-state index contributed by atoms with van der Waals surface area (Å²) in [6.45, 7) is 16.6. The molecule has 0 aromatic carbocycles. The molecular formula is C30H50O2. The summed E-state index contributed by atoms with van der Waals surface area (Å²) in [5.74, 6) is 6.01. The molecule has 0 aromatic rings. The summed E-state index contributed by atoms with van der Waals surface area (Å²) < 4.78 is 5.59. The number of ether oxygens (including phenoxy) is 1. The van der Waals surface area contributed by atoms with Crippen LogP contribution in [0.2, 0.25) is 0 Å². The fourth-order valence-corrected chi connectivity index (χ4v) is 9.04. The van der Waals surface area contributed by atoms with Crippen molar-refractivity contribution in [3.8, 4) is 0 Å². The smallest absolute Gasteiger partial charge is 0.303 e. The second-order valence-corrected chi connectivity index (χ2v) is 13.2. The predicted octanol–water partition coefficient (Wildman–Crippen LogP) is 8.21. The number of esters is 1. The molecule has 0 amide bonds. The third kappa shape index (κ3) is 4.22. The van der Waals surface area contributed by atoms with Crippen LogP contribution in [0.4, 0.5) is 0 Å². The summed E-state index contributed by atoms with van der Waals surface area (Å²) in [6.07, 6.45) is 15.8. The molecule has 4 aliphatic carbocycles. The van der Waals surface area contributed by atoms with E-state index in [-0.39, 0.29) is 12.1 Å². The number of carbonyl (C=O) groups is 1. The van der Waals surface area contributed by atoms with E-state index in [2.05, 4.69) is 47.6 Å². The van der Waals surface area contributed by atoms with Crippen molar-refractivity contribution in [2.45, 2.75) is 119 Å². The molecule has 0 spiro atoms. The van der Waals surface area contributed by atoms with Gasteiger partial charge in [-0.2, -0.15) is 0 Å². The Hall–Kier alpha value is -0.790. The maximum Gasteiger partial charge on any atom is 0.303 e. The predicted molar refractivity (Wildman–Crippen MR) is 133 cm³/mol. The highest BCUT2D eigenvalue weighted by Gasteiger charge is 2.59. The molecule has 3 saturated carbocycles. The van der Waals surface area contributed by atoms with E-state index in [9.17, 15) is 4.79 Å². The van der Waals surface area contributed by atoms with Gasteiger partial charge in [0, 0.05) is 6.92 Å². The fraction of sp³-hybridized carbons (Fsp3) is 0.900. The molecule has 2 heteroatoms. The summed E-state index contributed by atoms with van der Waals surface area (Å²) in [5, 5.41) is 0. The van der Waals surface area contributed by atoms with Crippen LogP contribution in [0.1, 0.15) is 113 Å². The zero-order valence-corrected chi connectivity index (χ0v) is 22.1. The van der Waals surface area contributed by atoms with E-state index in [0.29, 0.717) is 10.8 Å². The Labute approximate surface area is 198 Å². The van der Waals surface area contributed by atoms with Crippen LogP contribution in [0.5, 0.6) is 0 Å². The summed E-state index contributed by atoms with van der Waals surface area (Å²) in [5.41, 5.74) is 2.52.